The molecule has 1 rings (SSSR count). The topological polar surface area (TPSA) is 61.5 Å². The zero-order valence-corrected chi connectivity index (χ0v) is 12.1. The quantitative estimate of drug-likeness (QED) is 0.801. The summed E-state index contributed by atoms with van der Waals surface area (Å²) in [5, 5.41) is 0. The van der Waals surface area contributed by atoms with Crippen LogP contribution in [-0.4, -0.2) is 24.7 Å². The summed E-state index contributed by atoms with van der Waals surface area (Å²) in [6, 6.07) is 5.94. The molecule has 4 heteroatoms. The summed E-state index contributed by atoms with van der Waals surface area (Å²) >= 11 is 0. The Morgan fingerprint density at radius 2 is 2.00 bits per heavy atom. The normalized spacial score (nSPS) is 12.3. The highest BCUT2D eigenvalue weighted by molar-refractivity contribution is 5.71. The SMILES string of the molecule is Cc1cccc(CC(C)N)c1OCC(=O)OC(C)C. The van der Waals surface area contributed by atoms with Crippen LogP contribution in [0.3, 0.4) is 0 Å². The molecular weight excluding hydrogens is 242 g/mol. The van der Waals surface area contributed by atoms with E-state index in [1.807, 2.05) is 45.9 Å². The fourth-order valence-corrected chi connectivity index (χ4v) is 1.86. The third-order valence-corrected chi connectivity index (χ3v) is 2.54. The summed E-state index contributed by atoms with van der Waals surface area (Å²) < 4.78 is 10.6. The lowest BCUT2D eigenvalue weighted by molar-refractivity contribution is -0.149. The number of rotatable bonds is 6. The fourth-order valence-electron chi connectivity index (χ4n) is 1.86. The van der Waals surface area contributed by atoms with Crippen LogP contribution in [0.5, 0.6) is 5.75 Å². The third kappa shape index (κ3) is 5.30. The second-order valence-electron chi connectivity index (χ2n) is 5.07. The van der Waals surface area contributed by atoms with Crippen LogP contribution in [-0.2, 0) is 16.0 Å². The van der Waals surface area contributed by atoms with Gasteiger partial charge in [-0.3, -0.25) is 0 Å². The van der Waals surface area contributed by atoms with Crippen molar-refractivity contribution in [1.29, 1.82) is 0 Å². The van der Waals surface area contributed by atoms with Gasteiger partial charge >= 0.3 is 5.97 Å². The molecule has 0 aliphatic carbocycles. The van der Waals surface area contributed by atoms with Crippen LogP contribution in [0.4, 0.5) is 0 Å². The molecule has 0 aromatic heterocycles. The van der Waals surface area contributed by atoms with E-state index in [-0.39, 0.29) is 24.7 Å². The Hall–Kier alpha value is -1.55. The van der Waals surface area contributed by atoms with E-state index in [2.05, 4.69) is 0 Å². The maximum absolute atomic E-state index is 11.5. The van der Waals surface area contributed by atoms with Crippen LogP contribution in [0.1, 0.15) is 31.9 Å². The molecule has 1 unspecified atom stereocenters. The summed E-state index contributed by atoms with van der Waals surface area (Å²) in [5.41, 5.74) is 7.83. The predicted molar refractivity (Wildman–Crippen MR) is 75.3 cm³/mol. The van der Waals surface area contributed by atoms with Gasteiger partial charge in [-0.05, 0) is 45.2 Å². The number of hydrogen-bond acceptors (Lipinski definition) is 4. The van der Waals surface area contributed by atoms with E-state index < -0.39 is 0 Å². The summed E-state index contributed by atoms with van der Waals surface area (Å²) in [4.78, 5) is 11.5. The zero-order chi connectivity index (χ0) is 14.4. The van der Waals surface area contributed by atoms with Crippen LogP contribution in [0.15, 0.2) is 18.2 Å². The molecule has 0 fully saturated rings. The van der Waals surface area contributed by atoms with Gasteiger partial charge in [-0.2, -0.15) is 0 Å². The molecule has 4 nitrogen and oxygen atoms in total. The van der Waals surface area contributed by atoms with E-state index in [9.17, 15) is 4.79 Å². The lowest BCUT2D eigenvalue weighted by Gasteiger charge is -2.15. The number of nitrogens with two attached hydrogens (primary N) is 1. The van der Waals surface area contributed by atoms with Crippen molar-refractivity contribution in [3.8, 4) is 5.75 Å². The Bertz CT molecular complexity index is 427. The summed E-state index contributed by atoms with van der Waals surface area (Å²) in [6.07, 6.45) is 0.590. The van der Waals surface area contributed by atoms with Crippen LogP contribution in [0.25, 0.3) is 0 Å². The highest BCUT2D eigenvalue weighted by atomic mass is 16.6. The number of carbonyl (C=O) groups is 1. The first-order valence-electron chi connectivity index (χ1n) is 6.56. The van der Waals surface area contributed by atoms with Gasteiger partial charge in [0, 0.05) is 6.04 Å². The maximum Gasteiger partial charge on any atom is 0.344 e. The molecule has 2 N–H and O–H groups in total. The molecule has 0 radical (unpaired) electrons. The molecule has 0 aliphatic rings. The Labute approximate surface area is 114 Å². The van der Waals surface area contributed by atoms with E-state index in [4.69, 9.17) is 15.2 Å². The number of esters is 1. The van der Waals surface area contributed by atoms with E-state index in [1.54, 1.807) is 0 Å². The molecule has 0 heterocycles. The summed E-state index contributed by atoms with van der Waals surface area (Å²) in [7, 11) is 0. The van der Waals surface area contributed by atoms with Crippen molar-refractivity contribution in [2.24, 2.45) is 5.73 Å². The lowest BCUT2D eigenvalue weighted by Crippen LogP contribution is -2.21. The van der Waals surface area contributed by atoms with E-state index in [0.717, 1.165) is 23.3 Å². The van der Waals surface area contributed by atoms with Crippen LogP contribution >= 0.6 is 0 Å². The molecule has 0 aliphatic heterocycles. The monoisotopic (exact) mass is 265 g/mol. The molecular formula is C15H23NO3. The molecule has 1 aromatic carbocycles. The maximum atomic E-state index is 11.5. The number of aryl methyl sites for hydroxylation is 1. The Kier molecular flexibility index (Phi) is 5.83. The van der Waals surface area contributed by atoms with Gasteiger partial charge < -0.3 is 15.2 Å². The Balaban J connectivity index is 2.73. The minimum Gasteiger partial charge on any atom is -0.481 e. The van der Waals surface area contributed by atoms with Crippen molar-refractivity contribution in [1.82, 2.24) is 0 Å². The molecule has 0 amide bonds. The number of benzene rings is 1. The molecule has 0 saturated carbocycles. The summed E-state index contributed by atoms with van der Waals surface area (Å²) in [5.74, 6) is 0.380. The molecule has 1 aromatic rings. The first-order valence-corrected chi connectivity index (χ1v) is 6.56. The van der Waals surface area contributed by atoms with Crippen molar-refractivity contribution in [2.75, 3.05) is 6.61 Å². The smallest absolute Gasteiger partial charge is 0.344 e. The average Bonchev–Trinajstić information content (AvgIpc) is 2.26. The number of ether oxygens (including phenoxy) is 2. The average molecular weight is 265 g/mol. The minimum absolute atomic E-state index is 0.0479. The van der Waals surface area contributed by atoms with Gasteiger partial charge in [0.2, 0.25) is 0 Å². The second-order valence-corrected chi connectivity index (χ2v) is 5.07. The fraction of sp³-hybridized carbons (Fsp3) is 0.533. The van der Waals surface area contributed by atoms with Crippen molar-refractivity contribution in [3.05, 3.63) is 29.3 Å². The second kappa shape index (κ2) is 7.14. The highest BCUT2D eigenvalue weighted by Crippen LogP contribution is 2.24. The Morgan fingerprint density at radius 1 is 1.32 bits per heavy atom. The first kappa shape index (κ1) is 15.5. The summed E-state index contributed by atoms with van der Waals surface area (Å²) in [6.45, 7) is 7.45. The van der Waals surface area contributed by atoms with E-state index in [1.165, 1.54) is 0 Å². The molecule has 0 saturated heterocycles. The molecule has 19 heavy (non-hydrogen) atoms. The number of para-hydroxylation sites is 1. The van der Waals surface area contributed by atoms with Crippen LogP contribution in [0, 0.1) is 6.92 Å². The standard InChI is InChI=1S/C15H23NO3/c1-10(2)19-14(17)9-18-15-11(3)6-5-7-13(15)8-12(4)16/h5-7,10,12H,8-9,16H2,1-4H3. The number of hydrogen-bond donors (Lipinski definition) is 1. The van der Waals surface area contributed by atoms with Crippen molar-refractivity contribution < 1.29 is 14.3 Å². The molecule has 0 spiro atoms. The zero-order valence-electron chi connectivity index (χ0n) is 12.1. The van der Waals surface area contributed by atoms with Gasteiger partial charge in [-0.25, -0.2) is 4.79 Å². The van der Waals surface area contributed by atoms with Gasteiger partial charge in [0.1, 0.15) is 5.75 Å². The highest BCUT2D eigenvalue weighted by Gasteiger charge is 2.12. The first-order chi connectivity index (χ1) is 8.90. The molecule has 0 bridgehead atoms. The predicted octanol–water partition coefficient (Wildman–Crippen LogP) is 2.22. The largest absolute Gasteiger partial charge is 0.481 e. The van der Waals surface area contributed by atoms with Gasteiger partial charge in [-0.1, -0.05) is 18.2 Å². The van der Waals surface area contributed by atoms with Gasteiger partial charge in [0.15, 0.2) is 6.61 Å². The van der Waals surface area contributed by atoms with Gasteiger partial charge in [-0.15, -0.1) is 0 Å². The molecule has 1 atom stereocenters. The number of carbonyl (C=O) groups excluding carboxylic acids is 1. The minimum atomic E-state index is -0.356. The van der Waals surface area contributed by atoms with Crippen LogP contribution in [0.2, 0.25) is 0 Å². The van der Waals surface area contributed by atoms with E-state index >= 15 is 0 Å². The van der Waals surface area contributed by atoms with E-state index in [0.29, 0.717) is 0 Å². The lowest BCUT2D eigenvalue weighted by atomic mass is 10.0. The van der Waals surface area contributed by atoms with Crippen LogP contribution < -0.4 is 10.5 Å². The van der Waals surface area contributed by atoms with Crippen molar-refractivity contribution >= 4 is 5.97 Å². The third-order valence-electron chi connectivity index (χ3n) is 2.54. The van der Waals surface area contributed by atoms with Gasteiger partial charge in [0.05, 0.1) is 6.10 Å². The molecule has 106 valence electrons. The van der Waals surface area contributed by atoms with Gasteiger partial charge in [0.25, 0.3) is 0 Å². The Morgan fingerprint density at radius 3 is 2.58 bits per heavy atom. The van der Waals surface area contributed by atoms with Crippen molar-refractivity contribution in [2.45, 2.75) is 46.3 Å². The van der Waals surface area contributed by atoms with Crippen molar-refractivity contribution in [3.63, 3.8) is 0 Å².